The number of anilines is 3. The van der Waals surface area contributed by atoms with Gasteiger partial charge in [0.25, 0.3) is 5.91 Å². The highest BCUT2D eigenvalue weighted by Gasteiger charge is 2.10. The number of carbonyl (C=O) groups excluding carboxylic acids is 1. The van der Waals surface area contributed by atoms with Crippen LogP contribution in [0.3, 0.4) is 0 Å². The molecule has 0 aliphatic heterocycles. The Hall–Kier alpha value is -2.50. The molecule has 0 saturated carbocycles. The first-order valence-corrected chi connectivity index (χ1v) is 4.94. The second-order valence-corrected chi connectivity index (χ2v) is 3.64. The van der Waals surface area contributed by atoms with Gasteiger partial charge in [0.15, 0.2) is 0 Å². The van der Waals surface area contributed by atoms with Crippen LogP contribution in [-0.4, -0.2) is 10.9 Å². The lowest BCUT2D eigenvalue weighted by Crippen LogP contribution is -2.13. The molecule has 1 aromatic carbocycles. The van der Waals surface area contributed by atoms with E-state index in [1.165, 1.54) is 18.4 Å². The largest absolute Gasteiger partial charge is 0.432 e. The second kappa shape index (κ2) is 4.17. The molecule has 6 heteroatoms. The van der Waals surface area contributed by atoms with E-state index in [2.05, 4.69) is 10.3 Å². The predicted molar refractivity (Wildman–Crippen MR) is 64.5 cm³/mol. The van der Waals surface area contributed by atoms with Gasteiger partial charge >= 0.3 is 6.01 Å². The minimum absolute atomic E-state index is 0.147. The highest BCUT2D eigenvalue weighted by Crippen LogP contribution is 2.15. The van der Waals surface area contributed by atoms with Crippen molar-refractivity contribution in [2.45, 2.75) is 6.92 Å². The van der Waals surface area contributed by atoms with Crippen molar-refractivity contribution in [3.05, 3.63) is 35.7 Å². The maximum Gasteiger partial charge on any atom is 0.301 e. The van der Waals surface area contributed by atoms with Gasteiger partial charge in [0, 0.05) is 16.9 Å². The summed E-state index contributed by atoms with van der Waals surface area (Å²) >= 11 is 0. The number of nitrogens with zero attached hydrogens (tertiary/aromatic N) is 1. The molecule has 5 N–H and O–H groups in total. The van der Waals surface area contributed by atoms with Gasteiger partial charge in [-0.15, -0.1) is 0 Å². The van der Waals surface area contributed by atoms with Crippen molar-refractivity contribution >= 4 is 23.3 Å². The smallest absolute Gasteiger partial charge is 0.301 e. The number of oxazole rings is 1. The first kappa shape index (κ1) is 11.0. The van der Waals surface area contributed by atoms with Gasteiger partial charge < -0.3 is 15.9 Å². The Morgan fingerprint density at radius 1 is 1.29 bits per heavy atom. The Labute approximate surface area is 97.6 Å². The van der Waals surface area contributed by atoms with E-state index >= 15 is 0 Å². The first-order valence-electron chi connectivity index (χ1n) is 4.94. The number of amides is 1. The van der Waals surface area contributed by atoms with Crippen molar-refractivity contribution < 1.29 is 9.21 Å². The fourth-order valence-electron chi connectivity index (χ4n) is 1.39. The molecular formula is C11H12N4O2. The lowest BCUT2D eigenvalue weighted by molar-refractivity contribution is 0.102. The molecule has 0 bridgehead atoms. The Morgan fingerprint density at radius 2 is 1.94 bits per heavy atom. The van der Waals surface area contributed by atoms with Crippen molar-refractivity contribution in [2.24, 2.45) is 0 Å². The van der Waals surface area contributed by atoms with Crippen LogP contribution in [0.15, 0.2) is 28.9 Å². The molecule has 0 aliphatic rings. The lowest BCUT2D eigenvalue weighted by atomic mass is 10.1. The molecule has 1 heterocycles. The molecule has 6 nitrogen and oxygen atoms in total. The van der Waals surface area contributed by atoms with E-state index in [0.717, 1.165) is 0 Å². The van der Waals surface area contributed by atoms with Gasteiger partial charge in [-0.05, 0) is 25.1 Å². The molecule has 0 saturated heterocycles. The van der Waals surface area contributed by atoms with Crippen LogP contribution in [0.1, 0.15) is 16.1 Å². The summed E-state index contributed by atoms with van der Waals surface area (Å²) in [5.41, 5.74) is 13.1. The summed E-state index contributed by atoms with van der Waals surface area (Å²) in [5.74, 6) is -0.370. The molecule has 1 amide bonds. The summed E-state index contributed by atoms with van der Waals surface area (Å²) < 4.78 is 5.01. The fourth-order valence-corrected chi connectivity index (χ4v) is 1.39. The minimum atomic E-state index is -0.370. The zero-order valence-electron chi connectivity index (χ0n) is 9.23. The van der Waals surface area contributed by atoms with Crippen LogP contribution in [0, 0.1) is 6.92 Å². The standard InChI is InChI=1S/C11H12N4O2/c1-6-5-17-11(14-6)15-10(16)7-2-8(12)4-9(13)3-7/h2-5H,12-13H2,1H3,(H,14,15,16). The normalized spacial score (nSPS) is 10.2. The SMILES string of the molecule is Cc1coc(NC(=O)c2cc(N)cc(N)c2)n1. The van der Waals surface area contributed by atoms with E-state index in [-0.39, 0.29) is 11.9 Å². The topological polar surface area (TPSA) is 107 Å². The Balaban J connectivity index is 2.19. The van der Waals surface area contributed by atoms with E-state index in [1.54, 1.807) is 13.0 Å². The molecule has 17 heavy (non-hydrogen) atoms. The summed E-state index contributed by atoms with van der Waals surface area (Å²) in [7, 11) is 0. The highest BCUT2D eigenvalue weighted by atomic mass is 16.4. The van der Waals surface area contributed by atoms with Gasteiger partial charge in [0.1, 0.15) is 6.26 Å². The van der Waals surface area contributed by atoms with Crippen molar-refractivity contribution in [3.63, 3.8) is 0 Å². The number of aryl methyl sites for hydroxylation is 1. The van der Waals surface area contributed by atoms with E-state index in [1.807, 2.05) is 0 Å². The zero-order chi connectivity index (χ0) is 12.4. The third kappa shape index (κ3) is 2.54. The monoisotopic (exact) mass is 232 g/mol. The van der Waals surface area contributed by atoms with E-state index in [0.29, 0.717) is 22.6 Å². The van der Waals surface area contributed by atoms with Crippen LogP contribution < -0.4 is 16.8 Å². The second-order valence-electron chi connectivity index (χ2n) is 3.64. The van der Waals surface area contributed by atoms with Crippen LogP contribution in [0.4, 0.5) is 17.4 Å². The maximum absolute atomic E-state index is 11.8. The molecule has 1 aromatic heterocycles. The van der Waals surface area contributed by atoms with Crippen molar-refractivity contribution in [2.75, 3.05) is 16.8 Å². The Bertz CT molecular complexity index is 542. The number of hydrogen-bond donors (Lipinski definition) is 3. The number of aromatic nitrogens is 1. The molecule has 88 valence electrons. The lowest BCUT2D eigenvalue weighted by Gasteiger charge is -2.03. The van der Waals surface area contributed by atoms with Crippen molar-refractivity contribution in [3.8, 4) is 0 Å². The van der Waals surface area contributed by atoms with Crippen LogP contribution in [0.5, 0.6) is 0 Å². The van der Waals surface area contributed by atoms with E-state index in [9.17, 15) is 4.79 Å². The summed E-state index contributed by atoms with van der Waals surface area (Å²) in [6.07, 6.45) is 1.45. The Morgan fingerprint density at radius 3 is 2.47 bits per heavy atom. The predicted octanol–water partition coefficient (Wildman–Crippen LogP) is 1.40. The van der Waals surface area contributed by atoms with Crippen molar-refractivity contribution in [1.29, 1.82) is 0 Å². The van der Waals surface area contributed by atoms with Gasteiger partial charge in [0.2, 0.25) is 0 Å². The number of carbonyl (C=O) groups is 1. The average Bonchev–Trinajstić information content (AvgIpc) is 2.62. The summed E-state index contributed by atoms with van der Waals surface area (Å²) in [5, 5.41) is 2.51. The molecule has 0 aliphatic carbocycles. The van der Waals surface area contributed by atoms with Gasteiger partial charge in [-0.3, -0.25) is 10.1 Å². The van der Waals surface area contributed by atoms with Gasteiger partial charge in [-0.2, -0.15) is 4.98 Å². The number of nitrogens with one attached hydrogen (secondary N) is 1. The number of benzene rings is 1. The van der Waals surface area contributed by atoms with Crippen molar-refractivity contribution in [1.82, 2.24) is 4.98 Å². The third-order valence-corrected chi connectivity index (χ3v) is 2.08. The number of nitrogen functional groups attached to an aromatic ring is 2. The van der Waals surface area contributed by atoms with Crippen LogP contribution in [0.2, 0.25) is 0 Å². The Kier molecular flexibility index (Phi) is 2.70. The van der Waals surface area contributed by atoms with E-state index < -0.39 is 0 Å². The molecule has 2 rings (SSSR count). The zero-order valence-corrected chi connectivity index (χ0v) is 9.23. The molecule has 0 spiro atoms. The molecule has 0 radical (unpaired) electrons. The first-order chi connectivity index (χ1) is 8.04. The molecular weight excluding hydrogens is 220 g/mol. The van der Waals surface area contributed by atoms with Gasteiger partial charge in [-0.25, -0.2) is 0 Å². The molecule has 0 unspecified atom stereocenters. The van der Waals surface area contributed by atoms with Gasteiger partial charge in [-0.1, -0.05) is 0 Å². The molecule has 0 atom stereocenters. The molecule has 2 aromatic rings. The molecule has 0 fully saturated rings. The fraction of sp³-hybridized carbons (Fsp3) is 0.0909. The number of hydrogen-bond acceptors (Lipinski definition) is 5. The summed E-state index contributed by atoms with van der Waals surface area (Å²) in [4.78, 5) is 15.8. The summed E-state index contributed by atoms with van der Waals surface area (Å²) in [6, 6.07) is 4.78. The highest BCUT2D eigenvalue weighted by molar-refractivity contribution is 6.04. The average molecular weight is 232 g/mol. The number of rotatable bonds is 2. The maximum atomic E-state index is 11.8. The van der Waals surface area contributed by atoms with Crippen LogP contribution in [0.25, 0.3) is 0 Å². The van der Waals surface area contributed by atoms with E-state index in [4.69, 9.17) is 15.9 Å². The third-order valence-electron chi connectivity index (χ3n) is 2.08. The summed E-state index contributed by atoms with van der Waals surface area (Å²) in [6.45, 7) is 1.76. The van der Waals surface area contributed by atoms with Crippen LogP contribution in [-0.2, 0) is 0 Å². The number of nitrogens with two attached hydrogens (primary N) is 2. The van der Waals surface area contributed by atoms with Crippen LogP contribution >= 0.6 is 0 Å². The minimum Gasteiger partial charge on any atom is -0.432 e. The van der Waals surface area contributed by atoms with Gasteiger partial charge in [0.05, 0.1) is 5.69 Å². The quantitative estimate of drug-likeness (QED) is 0.678.